The van der Waals surface area contributed by atoms with Crippen molar-refractivity contribution in [2.24, 2.45) is 7.05 Å². The Morgan fingerprint density at radius 2 is 2.40 bits per heavy atom. The number of aromatic nitrogens is 2. The van der Waals surface area contributed by atoms with Crippen molar-refractivity contribution in [1.82, 2.24) is 9.55 Å². The molecule has 0 fully saturated rings. The summed E-state index contributed by atoms with van der Waals surface area (Å²) in [5, 5.41) is 0. The lowest BCUT2D eigenvalue weighted by atomic mass is 10.6. The molecule has 0 unspecified atom stereocenters. The predicted octanol–water partition coefficient (Wildman–Crippen LogP) is 0.582. The van der Waals surface area contributed by atoms with Crippen LogP contribution in [-0.4, -0.2) is 9.55 Å². The summed E-state index contributed by atoms with van der Waals surface area (Å²) in [5.41, 5.74) is -0.775. The number of nitrogens with zero attached hydrogens (tertiary/aromatic N) is 1. The number of halogens is 1. The van der Waals surface area contributed by atoms with Crippen LogP contribution in [0.4, 0.5) is 4.39 Å². The second kappa shape index (κ2) is 2.34. The van der Waals surface area contributed by atoms with Crippen LogP contribution in [0.15, 0.2) is 11.0 Å². The summed E-state index contributed by atoms with van der Waals surface area (Å²) in [7, 11) is 1.56. The number of hydrogen-bond acceptors (Lipinski definition) is 2. The Bertz CT molecular complexity index is 322. The van der Waals surface area contributed by atoms with Crippen LogP contribution in [0, 0.1) is 10.6 Å². The van der Waals surface area contributed by atoms with Gasteiger partial charge < -0.3 is 4.57 Å². The maximum absolute atomic E-state index is 12.3. The zero-order valence-corrected chi connectivity index (χ0v) is 6.04. The van der Waals surface area contributed by atoms with E-state index in [1.165, 1.54) is 4.57 Å². The highest BCUT2D eigenvalue weighted by Gasteiger charge is 1.95. The van der Waals surface area contributed by atoms with Gasteiger partial charge in [-0.15, -0.1) is 0 Å². The summed E-state index contributed by atoms with van der Waals surface area (Å²) in [4.78, 5) is 12.6. The Kier molecular flexibility index (Phi) is 1.67. The van der Waals surface area contributed by atoms with Crippen LogP contribution in [0.2, 0.25) is 0 Å². The van der Waals surface area contributed by atoms with E-state index >= 15 is 0 Å². The summed E-state index contributed by atoms with van der Waals surface area (Å²) in [5.74, 6) is -0.823. The summed E-state index contributed by atoms with van der Waals surface area (Å²) < 4.78 is 13.9. The zero-order chi connectivity index (χ0) is 7.72. The second-order valence-electron chi connectivity index (χ2n) is 1.85. The molecule has 0 radical (unpaired) electrons. The monoisotopic (exact) mass is 160 g/mol. The molecule has 1 N–H and O–H groups in total. The second-order valence-corrected chi connectivity index (χ2v) is 2.23. The first kappa shape index (κ1) is 7.14. The van der Waals surface area contributed by atoms with Crippen molar-refractivity contribution in [3.63, 3.8) is 0 Å². The van der Waals surface area contributed by atoms with E-state index in [4.69, 9.17) is 0 Å². The maximum atomic E-state index is 12.3. The van der Waals surface area contributed by atoms with E-state index in [0.717, 1.165) is 6.20 Å². The van der Waals surface area contributed by atoms with Crippen molar-refractivity contribution < 1.29 is 4.39 Å². The lowest BCUT2D eigenvalue weighted by Crippen LogP contribution is -2.14. The highest BCUT2D eigenvalue weighted by Crippen LogP contribution is 1.85. The predicted molar refractivity (Wildman–Crippen MR) is 36.8 cm³/mol. The third-order valence-electron chi connectivity index (χ3n) is 1.06. The molecule has 0 spiro atoms. The molecule has 1 heterocycles. The third-order valence-corrected chi connectivity index (χ3v) is 1.45. The lowest BCUT2D eigenvalue weighted by molar-refractivity contribution is 0.581. The maximum Gasteiger partial charge on any atom is 0.287 e. The fourth-order valence-electron chi connectivity index (χ4n) is 0.532. The van der Waals surface area contributed by atoms with Crippen molar-refractivity contribution in [3.8, 4) is 0 Å². The van der Waals surface area contributed by atoms with Crippen molar-refractivity contribution >= 4 is 12.2 Å². The molecule has 0 saturated carbocycles. The van der Waals surface area contributed by atoms with Crippen LogP contribution >= 0.6 is 12.2 Å². The molecule has 1 aromatic rings. The fraction of sp³-hybridized carbons (Fsp3) is 0.200. The van der Waals surface area contributed by atoms with Gasteiger partial charge in [0.2, 0.25) is 5.82 Å². The van der Waals surface area contributed by atoms with Crippen LogP contribution in [0.1, 0.15) is 0 Å². The molecule has 0 aliphatic rings. The average molecular weight is 160 g/mol. The van der Waals surface area contributed by atoms with Crippen LogP contribution in [0.5, 0.6) is 0 Å². The Labute approximate surface area is 61.1 Å². The Morgan fingerprint density at radius 3 is 2.90 bits per heavy atom. The van der Waals surface area contributed by atoms with Crippen LogP contribution in [0.3, 0.4) is 0 Å². The first-order valence-electron chi connectivity index (χ1n) is 2.56. The molecule has 0 bridgehead atoms. The molecule has 3 nitrogen and oxygen atoms in total. The van der Waals surface area contributed by atoms with Crippen LogP contribution in [-0.2, 0) is 7.05 Å². The van der Waals surface area contributed by atoms with Gasteiger partial charge in [0.05, 0.1) is 0 Å². The third kappa shape index (κ3) is 1.13. The van der Waals surface area contributed by atoms with Gasteiger partial charge in [-0.2, -0.15) is 4.39 Å². The van der Waals surface area contributed by atoms with Crippen molar-refractivity contribution in [3.05, 3.63) is 27.1 Å². The summed E-state index contributed by atoms with van der Waals surface area (Å²) in [6, 6.07) is 0. The van der Waals surface area contributed by atoms with E-state index < -0.39 is 11.4 Å². The van der Waals surface area contributed by atoms with E-state index in [9.17, 15) is 9.18 Å². The molecule has 1 rings (SSSR count). The number of aromatic amines is 1. The fourth-order valence-corrected chi connectivity index (χ4v) is 0.678. The average Bonchev–Trinajstić information content (AvgIpc) is 1.84. The minimum absolute atomic E-state index is 0.214. The van der Waals surface area contributed by atoms with Crippen LogP contribution in [0.25, 0.3) is 0 Å². The standard InChI is InChI=1S/C5H5FN2OS/c1-8-2-3(6)4(9)7-5(8)10/h2H,1H3,(H,7,9,10). The molecule has 0 atom stereocenters. The Hall–Kier alpha value is -0.970. The van der Waals surface area contributed by atoms with Gasteiger partial charge in [0, 0.05) is 13.2 Å². The number of hydrogen-bond donors (Lipinski definition) is 1. The molecule has 0 aliphatic carbocycles. The Morgan fingerprint density at radius 1 is 1.80 bits per heavy atom. The van der Waals surface area contributed by atoms with Gasteiger partial charge in [0.25, 0.3) is 5.56 Å². The highest BCUT2D eigenvalue weighted by atomic mass is 32.1. The first-order chi connectivity index (χ1) is 4.61. The number of nitrogens with one attached hydrogen (secondary N) is 1. The normalized spacial score (nSPS) is 9.80. The SMILES string of the molecule is Cn1cc(F)c(=O)[nH]c1=S. The first-order valence-corrected chi connectivity index (χ1v) is 2.97. The number of rotatable bonds is 0. The van der Waals surface area contributed by atoms with Crippen molar-refractivity contribution in [2.45, 2.75) is 0 Å². The molecular formula is C5H5FN2OS. The van der Waals surface area contributed by atoms with Gasteiger partial charge in [-0.25, -0.2) is 0 Å². The molecule has 1 aromatic heterocycles. The molecule has 0 aliphatic heterocycles. The van der Waals surface area contributed by atoms with Gasteiger partial charge in [0.1, 0.15) is 0 Å². The van der Waals surface area contributed by atoms with E-state index in [1.807, 2.05) is 0 Å². The molecule has 5 heteroatoms. The summed E-state index contributed by atoms with van der Waals surface area (Å²) >= 11 is 4.64. The van der Waals surface area contributed by atoms with Crippen molar-refractivity contribution in [1.29, 1.82) is 0 Å². The molecule has 0 saturated heterocycles. The highest BCUT2D eigenvalue weighted by molar-refractivity contribution is 7.71. The van der Waals surface area contributed by atoms with Crippen LogP contribution < -0.4 is 5.56 Å². The van der Waals surface area contributed by atoms with E-state index in [2.05, 4.69) is 17.2 Å². The summed E-state index contributed by atoms with van der Waals surface area (Å²) in [6.45, 7) is 0. The van der Waals surface area contributed by atoms with E-state index in [-0.39, 0.29) is 4.77 Å². The smallest absolute Gasteiger partial charge is 0.287 e. The molecule has 0 aromatic carbocycles. The summed E-state index contributed by atoms with van der Waals surface area (Å²) in [6.07, 6.45) is 1.04. The quantitative estimate of drug-likeness (QED) is 0.564. The van der Waals surface area contributed by atoms with Gasteiger partial charge >= 0.3 is 0 Å². The van der Waals surface area contributed by atoms with Gasteiger partial charge in [-0.1, -0.05) is 0 Å². The molecule has 10 heavy (non-hydrogen) atoms. The minimum atomic E-state index is -0.823. The molecular weight excluding hydrogens is 155 g/mol. The van der Waals surface area contributed by atoms with Gasteiger partial charge in [-0.05, 0) is 12.2 Å². The largest absolute Gasteiger partial charge is 0.325 e. The topological polar surface area (TPSA) is 37.8 Å². The lowest BCUT2D eigenvalue weighted by Gasteiger charge is -1.94. The zero-order valence-electron chi connectivity index (χ0n) is 5.22. The molecule has 54 valence electrons. The number of aryl methyl sites for hydroxylation is 1. The van der Waals surface area contributed by atoms with Gasteiger partial charge in [-0.3, -0.25) is 9.78 Å². The Balaban J connectivity index is 3.59. The van der Waals surface area contributed by atoms with E-state index in [1.54, 1.807) is 7.05 Å². The van der Waals surface area contributed by atoms with Gasteiger partial charge in [0.15, 0.2) is 4.77 Å². The number of H-pyrrole nitrogens is 1. The molecule has 0 amide bonds. The van der Waals surface area contributed by atoms with E-state index in [0.29, 0.717) is 0 Å². The minimum Gasteiger partial charge on any atom is -0.325 e. The van der Waals surface area contributed by atoms with Crippen molar-refractivity contribution in [2.75, 3.05) is 0 Å².